The predicted octanol–water partition coefficient (Wildman–Crippen LogP) is 1.60. The third-order valence-corrected chi connectivity index (χ3v) is 1.64. The topological polar surface area (TPSA) is 29.5 Å². The second-order valence-electron chi connectivity index (χ2n) is 2.64. The Morgan fingerprint density at radius 2 is 2.08 bits per heavy atom. The monoisotopic (exact) mass is 188 g/mol. The highest BCUT2D eigenvalue weighted by Crippen LogP contribution is 2.15. The number of benzene rings is 1. The zero-order chi connectivity index (χ0) is 9.84. The highest BCUT2D eigenvalue weighted by molar-refractivity contribution is 5.25. The van der Waals surface area contributed by atoms with Crippen LogP contribution < -0.4 is 0 Å². The Labute approximate surface area is 74.8 Å². The minimum absolute atomic E-state index is 0.0490. The van der Waals surface area contributed by atoms with E-state index < -0.39 is 18.2 Å². The van der Waals surface area contributed by atoms with E-state index in [1.807, 2.05) is 0 Å². The van der Waals surface area contributed by atoms with Crippen molar-refractivity contribution in [1.82, 2.24) is 0 Å². The van der Waals surface area contributed by atoms with Gasteiger partial charge in [0.25, 0.3) is 0 Å². The number of ether oxygens (including phenoxy) is 1. The third kappa shape index (κ3) is 2.23. The van der Waals surface area contributed by atoms with Crippen LogP contribution in [-0.4, -0.2) is 12.2 Å². The molecule has 0 aromatic heterocycles. The van der Waals surface area contributed by atoms with Crippen molar-refractivity contribution in [3.8, 4) is 0 Å². The van der Waals surface area contributed by atoms with Crippen LogP contribution in [0.1, 0.15) is 11.1 Å². The van der Waals surface area contributed by atoms with Gasteiger partial charge in [-0.2, -0.15) is 0 Å². The Balaban J connectivity index is 3.06. The SMILES string of the molecule is COCc1cc(F)c(F)c(CO)c1. The molecular weight excluding hydrogens is 178 g/mol. The fourth-order valence-corrected chi connectivity index (χ4v) is 1.07. The fraction of sp³-hybridized carbons (Fsp3) is 0.333. The molecule has 1 aromatic rings. The normalized spacial score (nSPS) is 10.5. The van der Waals surface area contributed by atoms with Crippen LogP contribution in [0.25, 0.3) is 0 Å². The van der Waals surface area contributed by atoms with Gasteiger partial charge in [-0.25, -0.2) is 8.78 Å². The minimum Gasteiger partial charge on any atom is -0.392 e. The molecule has 0 saturated carbocycles. The van der Waals surface area contributed by atoms with Crippen molar-refractivity contribution in [3.05, 3.63) is 34.9 Å². The Bertz CT molecular complexity index is 300. The van der Waals surface area contributed by atoms with Crippen molar-refractivity contribution < 1.29 is 18.6 Å². The Hall–Kier alpha value is -1.00. The van der Waals surface area contributed by atoms with Gasteiger partial charge in [-0.1, -0.05) is 0 Å². The molecule has 0 atom stereocenters. The van der Waals surface area contributed by atoms with Crippen molar-refractivity contribution in [2.24, 2.45) is 0 Å². The molecule has 0 aliphatic rings. The molecule has 1 rings (SSSR count). The summed E-state index contributed by atoms with van der Waals surface area (Å²) < 4.78 is 30.4. The first-order valence-electron chi connectivity index (χ1n) is 3.75. The molecule has 0 aliphatic carbocycles. The summed E-state index contributed by atoms with van der Waals surface area (Å²) in [5.74, 6) is -1.96. The first-order chi connectivity index (χ1) is 6.19. The highest BCUT2D eigenvalue weighted by Gasteiger charge is 2.09. The minimum atomic E-state index is -0.998. The Kier molecular flexibility index (Phi) is 3.33. The van der Waals surface area contributed by atoms with Gasteiger partial charge in [-0.05, 0) is 17.7 Å². The van der Waals surface area contributed by atoms with Gasteiger partial charge in [0.2, 0.25) is 0 Å². The van der Waals surface area contributed by atoms with Gasteiger partial charge < -0.3 is 9.84 Å². The zero-order valence-corrected chi connectivity index (χ0v) is 7.18. The summed E-state index contributed by atoms with van der Waals surface area (Å²) in [6.45, 7) is -0.315. The van der Waals surface area contributed by atoms with E-state index in [-0.39, 0.29) is 12.2 Å². The molecule has 0 radical (unpaired) electrons. The van der Waals surface area contributed by atoms with E-state index >= 15 is 0 Å². The molecule has 0 amide bonds. The number of aliphatic hydroxyl groups excluding tert-OH is 1. The summed E-state index contributed by atoms with van der Waals surface area (Å²) >= 11 is 0. The standard InChI is InChI=1S/C9H10F2O2/c1-13-5-6-2-7(4-12)9(11)8(10)3-6/h2-3,12H,4-5H2,1H3. The van der Waals surface area contributed by atoms with Crippen LogP contribution in [0.4, 0.5) is 8.78 Å². The lowest BCUT2D eigenvalue weighted by atomic mass is 10.1. The Morgan fingerprint density at radius 3 is 2.62 bits per heavy atom. The van der Waals surface area contributed by atoms with Crippen molar-refractivity contribution in [2.75, 3.05) is 7.11 Å². The van der Waals surface area contributed by atoms with Crippen molar-refractivity contribution in [2.45, 2.75) is 13.2 Å². The lowest BCUT2D eigenvalue weighted by Crippen LogP contribution is -1.98. The molecule has 72 valence electrons. The lowest BCUT2D eigenvalue weighted by Gasteiger charge is -2.04. The Morgan fingerprint density at radius 1 is 1.38 bits per heavy atom. The van der Waals surface area contributed by atoms with Gasteiger partial charge in [0.15, 0.2) is 11.6 Å². The molecule has 4 heteroatoms. The van der Waals surface area contributed by atoms with Gasteiger partial charge in [0, 0.05) is 12.7 Å². The maximum atomic E-state index is 12.8. The van der Waals surface area contributed by atoms with E-state index in [1.54, 1.807) is 0 Å². The van der Waals surface area contributed by atoms with E-state index in [4.69, 9.17) is 9.84 Å². The van der Waals surface area contributed by atoms with E-state index in [2.05, 4.69) is 0 Å². The number of aliphatic hydroxyl groups is 1. The summed E-state index contributed by atoms with van der Waals surface area (Å²) in [6.07, 6.45) is 0. The molecule has 0 aliphatic heterocycles. The van der Waals surface area contributed by atoms with Crippen molar-refractivity contribution in [3.63, 3.8) is 0 Å². The fourth-order valence-electron chi connectivity index (χ4n) is 1.07. The second kappa shape index (κ2) is 4.30. The molecule has 0 heterocycles. The number of rotatable bonds is 3. The third-order valence-electron chi connectivity index (χ3n) is 1.64. The van der Waals surface area contributed by atoms with Crippen LogP contribution in [0, 0.1) is 11.6 Å². The van der Waals surface area contributed by atoms with Gasteiger partial charge in [-0.15, -0.1) is 0 Å². The number of hydrogen-bond acceptors (Lipinski definition) is 2. The molecule has 0 unspecified atom stereocenters. The average Bonchev–Trinajstić information content (AvgIpc) is 2.11. The number of methoxy groups -OCH3 is 1. The van der Waals surface area contributed by atoms with Gasteiger partial charge >= 0.3 is 0 Å². The van der Waals surface area contributed by atoms with Crippen LogP contribution in [-0.2, 0) is 18.0 Å². The second-order valence-corrected chi connectivity index (χ2v) is 2.64. The maximum absolute atomic E-state index is 12.8. The smallest absolute Gasteiger partial charge is 0.164 e. The van der Waals surface area contributed by atoms with Crippen molar-refractivity contribution >= 4 is 0 Å². The quantitative estimate of drug-likeness (QED) is 0.780. The molecule has 1 N–H and O–H groups in total. The number of hydrogen-bond donors (Lipinski definition) is 1. The van der Waals surface area contributed by atoms with E-state index in [9.17, 15) is 8.78 Å². The first kappa shape index (κ1) is 10.1. The van der Waals surface area contributed by atoms with Crippen molar-refractivity contribution in [1.29, 1.82) is 0 Å². The number of halogens is 2. The molecular formula is C9H10F2O2. The first-order valence-corrected chi connectivity index (χ1v) is 3.75. The molecule has 0 saturated heterocycles. The highest BCUT2D eigenvalue weighted by atomic mass is 19.2. The summed E-state index contributed by atoms with van der Waals surface area (Å²) in [5, 5.41) is 8.69. The summed E-state index contributed by atoms with van der Waals surface area (Å²) in [6, 6.07) is 2.43. The molecule has 2 nitrogen and oxygen atoms in total. The van der Waals surface area contributed by atoms with Crippen LogP contribution in [0.5, 0.6) is 0 Å². The molecule has 0 fully saturated rings. The molecule has 13 heavy (non-hydrogen) atoms. The van der Waals surface area contributed by atoms with Gasteiger partial charge in [0.1, 0.15) is 0 Å². The van der Waals surface area contributed by atoms with Crippen LogP contribution in [0.2, 0.25) is 0 Å². The van der Waals surface area contributed by atoms with E-state index in [0.717, 1.165) is 6.07 Å². The van der Waals surface area contributed by atoms with Crippen LogP contribution in [0.3, 0.4) is 0 Å². The largest absolute Gasteiger partial charge is 0.392 e. The van der Waals surface area contributed by atoms with E-state index in [0.29, 0.717) is 5.56 Å². The lowest BCUT2D eigenvalue weighted by molar-refractivity contribution is 0.184. The van der Waals surface area contributed by atoms with Gasteiger partial charge in [-0.3, -0.25) is 0 Å². The van der Waals surface area contributed by atoms with Gasteiger partial charge in [0.05, 0.1) is 13.2 Å². The maximum Gasteiger partial charge on any atom is 0.164 e. The summed E-state index contributed by atoms with van der Waals surface area (Å²) in [5.41, 5.74) is 0.456. The average molecular weight is 188 g/mol. The van der Waals surface area contributed by atoms with Crippen LogP contribution >= 0.6 is 0 Å². The summed E-state index contributed by atoms with van der Waals surface area (Å²) in [4.78, 5) is 0. The molecule has 0 spiro atoms. The predicted molar refractivity (Wildman–Crippen MR) is 43.0 cm³/mol. The summed E-state index contributed by atoms with van der Waals surface area (Å²) in [7, 11) is 1.46. The van der Waals surface area contributed by atoms with Crippen LogP contribution in [0.15, 0.2) is 12.1 Å². The zero-order valence-electron chi connectivity index (χ0n) is 7.18. The molecule has 0 bridgehead atoms. The molecule has 1 aromatic carbocycles. The van der Waals surface area contributed by atoms with E-state index in [1.165, 1.54) is 13.2 Å².